The molecule has 1 aromatic heterocycles. The van der Waals surface area contributed by atoms with Gasteiger partial charge in [0.05, 0.1) is 31.2 Å². The number of nitrogen functional groups attached to an aromatic ring is 1. The third kappa shape index (κ3) is 3.72. The van der Waals surface area contributed by atoms with Crippen molar-refractivity contribution in [1.82, 2.24) is 10.4 Å². The number of hydrogen-bond acceptors (Lipinski definition) is 7. The van der Waals surface area contributed by atoms with Gasteiger partial charge in [-0.05, 0) is 19.1 Å². The summed E-state index contributed by atoms with van der Waals surface area (Å²) in [6.07, 6.45) is 1.42. The zero-order valence-corrected chi connectivity index (χ0v) is 14.3. The minimum absolute atomic E-state index is 0.333. The second-order valence-corrected chi connectivity index (χ2v) is 5.78. The summed E-state index contributed by atoms with van der Waals surface area (Å²) >= 11 is 7.32. The molecule has 23 heavy (non-hydrogen) atoms. The van der Waals surface area contributed by atoms with Crippen molar-refractivity contribution in [2.24, 2.45) is 5.10 Å². The van der Waals surface area contributed by atoms with Gasteiger partial charge >= 0.3 is 0 Å². The Bertz CT molecular complexity index is 761. The molecule has 1 aromatic carbocycles. The van der Waals surface area contributed by atoms with E-state index in [1.807, 2.05) is 0 Å². The second-order valence-electron chi connectivity index (χ2n) is 4.37. The molecule has 122 valence electrons. The van der Waals surface area contributed by atoms with Gasteiger partial charge in [0.15, 0.2) is 16.6 Å². The third-order valence-electron chi connectivity index (χ3n) is 2.90. The number of aryl methyl sites for hydroxylation is 1. The van der Waals surface area contributed by atoms with Gasteiger partial charge in [-0.1, -0.05) is 22.9 Å². The number of nitrogens with one attached hydrogen (secondary N) is 1. The maximum Gasteiger partial charge on any atom is 0.283 e. The molecule has 2 rings (SSSR count). The number of rotatable bonds is 5. The number of carbonyl (C=O) groups is 1. The van der Waals surface area contributed by atoms with Gasteiger partial charge in [0.25, 0.3) is 5.91 Å². The molecule has 1 heterocycles. The molecule has 0 radical (unpaired) electrons. The molecular formula is C14H15ClN4O3S. The van der Waals surface area contributed by atoms with E-state index in [1.54, 1.807) is 19.1 Å². The molecular weight excluding hydrogens is 340 g/mol. The Balaban J connectivity index is 2.15. The first-order valence-corrected chi connectivity index (χ1v) is 7.64. The van der Waals surface area contributed by atoms with Crippen molar-refractivity contribution in [1.29, 1.82) is 0 Å². The standard InChI is InChI=1S/C14H15ClN4O3S/c1-7-12(23-14(16)18-7)13(20)19-17-6-8-4-5-9(21-2)11(22-3)10(8)15/h4-6H,1-3H3,(H2,16,18)(H,19,20)/b17-6-. The number of hydrazone groups is 1. The van der Waals surface area contributed by atoms with Crippen LogP contribution in [0.4, 0.5) is 5.13 Å². The van der Waals surface area contributed by atoms with Gasteiger partial charge in [-0.15, -0.1) is 0 Å². The van der Waals surface area contributed by atoms with Gasteiger partial charge in [-0.3, -0.25) is 4.79 Å². The Morgan fingerprint density at radius 2 is 2.17 bits per heavy atom. The topological polar surface area (TPSA) is 98.8 Å². The molecule has 0 aliphatic carbocycles. The fourth-order valence-electron chi connectivity index (χ4n) is 1.84. The van der Waals surface area contributed by atoms with Gasteiger partial charge in [-0.25, -0.2) is 10.4 Å². The number of hydrogen-bond donors (Lipinski definition) is 2. The summed E-state index contributed by atoms with van der Waals surface area (Å²) < 4.78 is 10.3. The zero-order valence-electron chi connectivity index (χ0n) is 12.7. The number of nitrogens with zero attached hydrogens (tertiary/aromatic N) is 2. The molecule has 0 atom stereocenters. The molecule has 0 bridgehead atoms. The van der Waals surface area contributed by atoms with Crippen LogP contribution in [0.25, 0.3) is 0 Å². The fourth-order valence-corrected chi connectivity index (χ4v) is 2.85. The van der Waals surface area contributed by atoms with Crippen molar-refractivity contribution in [3.05, 3.63) is 33.3 Å². The smallest absolute Gasteiger partial charge is 0.283 e. The van der Waals surface area contributed by atoms with E-state index in [-0.39, 0.29) is 5.91 Å². The third-order valence-corrected chi connectivity index (χ3v) is 4.28. The van der Waals surface area contributed by atoms with Crippen molar-refractivity contribution < 1.29 is 14.3 Å². The average molecular weight is 355 g/mol. The minimum atomic E-state index is -0.385. The highest BCUT2D eigenvalue weighted by Gasteiger charge is 2.14. The number of methoxy groups -OCH3 is 2. The second kappa shape index (κ2) is 7.30. The van der Waals surface area contributed by atoms with E-state index in [0.29, 0.717) is 37.8 Å². The van der Waals surface area contributed by atoms with Crippen LogP contribution in [-0.4, -0.2) is 31.3 Å². The summed E-state index contributed by atoms with van der Waals surface area (Å²) in [5, 5.41) is 4.56. The lowest BCUT2D eigenvalue weighted by Crippen LogP contribution is -2.17. The first-order chi connectivity index (χ1) is 11.0. The van der Waals surface area contributed by atoms with Crippen LogP contribution in [-0.2, 0) is 0 Å². The molecule has 0 aliphatic rings. The number of halogens is 1. The number of amides is 1. The summed E-state index contributed by atoms with van der Waals surface area (Å²) in [5.41, 5.74) is 9.11. The normalized spacial score (nSPS) is 10.8. The van der Waals surface area contributed by atoms with Gasteiger partial charge in [-0.2, -0.15) is 5.10 Å². The number of anilines is 1. The van der Waals surface area contributed by atoms with Crippen molar-refractivity contribution in [3.63, 3.8) is 0 Å². The first kappa shape index (κ1) is 17.0. The predicted molar refractivity (Wildman–Crippen MR) is 90.9 cm³/mol. The van der Waals surface area contributed by atoms with Crippen LogP contribution in [0.2, 0.25) is 5.02 Å². The van der Waals surface area contributed by atoms with Crippen LogP contribution in [0, 0.1) is 6.92 Å². The Labute approximate surface area is 142 Å². The molecule has 3 N–H and O–H groups in total. The summed E-state index contributed by atoms with van der Waals surface area (Å²) in [5.74, 6) is 0.523. The summed E-state index contributed by atoms with van der Waals surface area (Å²) in [7, 11) is 3.01. The molecule has 0 fully saturated rings. The highest BCUT2D eigenvalue weighted by atomic mass is 35.5. The Morgan fingerprint density at radius 3 is 2.74 bits per heavy atom. The number of benzene rings is 1. The van der Waals surface area contributed by atoms with Gasteiger partial charge in [0.1, 0.15) is 4.88 Å². The van der Waals surface area contributed by atoms with E-state index in [1.165, 1.54) is 20.4 Å². The monoisotopic (exact) mass is 354 g/mol. The van der Waals surface area contributed by atoms with E-state index >= 15 is 0 Å². The molecule has 9 heteroatoms. The number of carbonyl (C=O) groups excluding carboxylic acids is 1. The number of ether oxygens (including phenoxy) is 2. The van der Waals surface area contributed by atoms with Crippen molar-refractivity contribution in [3.8, 4) is 11.5 Å². The molecule has 7 nitrogen and oxygen atoms in total. The van der Waals surface area contributed by atoms with Crippen LogP contribution in [0.1, 0.15) is 20.9 Å². The first-order valence-electron chi connectivity index (χ1n) is 6.44. The van der Waals surface area contributed by atoms with E-state index in [0.717, 1.165) is 11.3 Å². The van der Waals surface area contributed by atoms with Gasteiger partial charge < -0.3 is 15.2 Å². The van der Waals surface area contributed by atoms with Crippen LogP contribution < -0.4 is 20.6 Å². The lowest BCUT2D eigenvalue weighted by atomic mass is 10.2. The number of aromatic nitrogens is 1. The van der Waals surface area contributed by atoms with Gasteiger partial charge in [0, 0.05) is 5.56 Å². The van der Waals surface area contributed by atoms with E-state index < -0.39 is 0 Å². The highest BCUT2D eigenvalue weighted by Crippen LogP contribution is 2.36. The fraction of sp³-hybridized carbons (Fsp3) is 0.214. The molecule has 0 spiro atoms. The average Bonchev–Trinajstić information content (AvgIpc) is 2.87. The summed E-state index contributed by atoms with van der Waals surface area (Å²) in [6, 6.07) is 3.40. The van der Waals surface area contributed by atoms with E-state index in [9.17, 15) is 4.79 Å². The quantitative estimate of drug-likeness (QED) is 0.634. The molecule has 0 saturated carbocycles. The lowest BCUT2D eigenvalue weighted by Gasteiger charge is -2.10. The summed E-state index contributed by atoms with van der Waals surface area (Å²) in [6.45, 7) is 1.71. The molecule has 0 saturated heterocycles. The van der Waals surface area contributed by atoms with Crippen LogP contribution in [0.15, 0.2) is 17.2 Å². The number of nitrogens with two attached hydrogens (primary N) is 1. The Hall–Kier alpha value is -2.32. The summed E-state index contributed by atoms with van der Waals surface area (Å²) in [4.78, 5) is 16.4. The minimum Gasteiger partial charge on any atom is -0.493 e. The molecule has 0 unspecified atom stereocenters. The SMILES string of the molecule is COc1ccc(/C=N\NC(=O)c2sc(N)nc2C)c(Cl)c1OC. The Morgan fingerprint density at radius 1 is 1.43 bits per heavy atom. The van der Waals surface area contributed by atoms with Gasteiger partial charge in [0.2, 0.25) is 0 Å². The van der Waals surface area contributed by atoms with Crippen molar-refractivity contribution in [2.75, 3.05) is 20.0 Å². The highest BCUT2D eigenvalue weighted by molar-refractivity contribution is 7.17. The zero-order chi connectivity index (χ0) is 17.0. The largest absolute Gasteiger partial charge is 0.493 e. The van der Waals surface area contributed by atoms with Crippen molar-refractivity contribution >= 4 is 40.2 Å². The predicted octanol–water partition coefficient (Wildman–Crippen LogP) is 2.47. The maximum atomic E-state index is 12.0. The van der Waals surface area contributed by atoms with E-state index in [2.05, 4.69) is 15.5 Å². The molecule has 1 amide bonds. The Kier molecular flexibility index (Phi) is 5.41. The molecule has 2 aromatic rings. The van der Waals surface area contributed by atoms with Crippen LogP contribution in [0.5, 0.6) is 11.5 Å². The van der Waals surface area contributed by atoms with Crippen LogP contribution >= 0.6 is 22.9 Å². The number of thiazole rings is 1. The lowest BCUT2D eigenvalue weighted by molar-refractivity contribution is 0.0958. The van der Waals surface area contributed by atoms with Crippen LogP contribution in [0.3, 0.4) is 0 Å². The van der Waals surface area contributed by atoms with E-state index in [4.69, 9.17) is 26.8 Å². The maximum absolute atomic E-state index is 12.0. The van der Waals surface area contributed by atoms with Crippen molar-refractivity contribution in [2.45, 2.75) is 6.92 Å². The molecule has 0 aliphatic heterocycles.